The van der Waals surface area contributed by atoms with Crippen molar-refractivity contribution in [3.63, 3.8) is 0 Å². The summed E-state index contributed by atoms with van der Waals surface area (Å²) in [5.74, 6) is 0. The number of nitrogens with zero attached hydrogens (tertiary/aromatic N) is 2. The van der Waals surface area contributed by atoms with Gasteiger partial charge in [-0.25, -0.2) is 4.98 Å². The molecule has 0 unspecified atom stereocenters. The quantitative estimate of drug-likeness (QED) is 0.622. The molecule has 0 aliphatic carbocycles. The molecule has 6 heteroatoms. The predicted octanol–water partition coefficient (Wildman–Crippen LogP) is 3.60. The van der Waals surface area contributed by atoms with Crippen LogP contribution >= 0.6 is 40.7 Å². The van der Waals surface area contributed by atoms with Crippen molar-refractivity contribution in [1.82, 2.24) is 15.2 Å². The summed E-state index contributed by atoms with van der Waals surface area (Å²) in [6.07, 6.45) is 5.97. The molecule has 1 aromatic rings. The van der Waals surface area contributed by atoms with Crippen LogP contribution in [0.4, 0.5) is 0 Å². The van der Waals surface area contributed by atoms with Gasteiger partial charge in [-0.3, -0.25) is 4.90 Å². The lowest BCUT2D eigenvalue weighted by Gasteiger charge is -2.35. The molecule has 20 heavy (non-hydrogen) atoms. The molecule has 0 saturated carbocycles. The minimum atomic E-state index is 0. The topological polar surface area (TPSA) is 28.2 Å². The molecule has 3 nitrogen and oxygen atoms in total. The van der Waals surface area contributed by atoms with Crippen LogP contribution in [0.2, 0.25) is 0 Å². The van der Waals surface area contributed by atoms with Gasteiger partial charge in [0.2, 0.25) is 0 Å². The molecule has 2 rings (SSSR count). The van der Waals surface area contributed by atoms with Crippen LogP contribution in [0.25, 0.3) is 0 Å². The largest absolute Gasteiger partial charge is 0.314 e. The Bertz CT molecular complexity index is 398. The lowest BCUT2D eigenvalue weighted by atomic mass is 10.0. The number of halogens is 3. The van der Waals surface area contributed by atoms with Gasteiger partial charge in [-0.2, -0.15) is 0 Å². The van der Waals surface area contributed by atoms with E-state index in [4.69, 9.17) is 0 Å². The average molecular weight is 383 g/mol. The van der Waals surface area contributed by atoms with E-state index in [1.54, 1.807) is 0 Å². The predicted molar refractivity (Wildman–Crippen MR) is 93.0 cm³/mol. The molecule has 0 amide bonds. The van der Waals surface area contributed by atoms with Crippen LogP contribution in [0.15, 0.2) is 35.6 Å². The zero-order chi connectivity index (χ0) is 12.8. The Labute approximate surface area is 142 Å². The highest BCUT2D eigenvalue weighted by atomic mass is 79.9. The second kappa shape index (κ2) is 10.6. The van der Waals surface area contributed by atoms with Crippen molar-refractivity contribution < 1.29 is 0 Å². The van der Waals surface area contributed by atoms with Crippen molar-refractivity contribution in [2.45, 2.75) is 18.9 Å². The van der Waals surface area contributed by atoms with E-state index in [0.717, 1.165) is 43.6 Å². The number of rotatable bonds is 5. The summed E-state index contributed by atoms with van der Waals surface area (Å²) in [6, 6.07) is 4.63. The van der Waals surface area contributed by atoms with Gasteiger partial charge in [-0.1, -0.05) is 12.1 Å². The first-order chi connectivity index (χ1) is 8.83. The summed E-state index contributed by atoms with van der Waals surface area (Å²) >= 11 is 3.58. The number of pyridine rings is 1. The standard InChI is InChI=1S/C14H20BrN3.2ClH/c1-2-3-6-13(18-10-8-16-9-11-18)12-5-4-7-17-14(12)15;;/h2,4-5,7,13,16H,1,3,6,8-11H2;2*1H/t13-;;/m0../s1. The number of hydrogen-bond donors (Lipinski definition) is 1. The Hall–Kier alpha value is -0.130. The molecular formula is C14H22BrCl2N3. The molecule has 0 spiro atoms. The van der Waals surface area contributed by atoms with E-state index in [1.807, 2.05) is 18.3 Å². The van der Waals surface area contributed by atoms with E-state index < -0.39 is 0 Å². The smallest absolute Gasteiger partial charge is 0.110 e. The van der Waals surface area contributed by atoms with Gasteiger partial charge >= 0.3 is 0 Å². The van der Waals surface area contributed by atoms with Crippen molar-refractivity contribution in [3.8, 4) is 0 Å². The van der Waals surface area contributed by atoms with Gasteiger partial charge in [0.1, 0.15) is 4.60 Å². The van der Waals surface area contributed by atoms with Crippen molar-refractivity contribution in [1.29, 1.82) is 0 Å². The minimum absolute atomic E-state index is 0. The van der Waals surface area contributed by atoms with Crippen molar-refractivity contribution in [2.75, 3.05) is 26.2 Å². The summed E-state index contributed by atoms with van der Waals surface area (Å²) in [7, 11) is 0. The normalized spacial score (nSPS) is 16.6. The van der Waals surface area contributed by atoms with Gasteiger partial charge in [-0.15, -0.1) is 31.4 Å². The summed E-state index contributed by atoms with van der Waals surface area (Å²) in [6.45, 7) is 8.18. The minimum Gasteiger partial charge on any atom is -0.314 e. The second-order valence-electron chi connectivity index (χ2n) is 4.55. The van der Waals surface area contributed by atoms with Gasteiger partial charge in [0.15, 0.2) is 0 Å². The molecule has 0 aromatic carbocycles. The molecule has 1 atom stereocenters. The first-order valence-corrected chi connectivity index (χ1v) is 7.28. The zero-order valence-electron chi connectivity index (χ0n) is 11.4. The van der Waals surface area contributed by atoms with Crippen molar-refractivity contribution in [3.05, 3.63) is 41.2 Å². The first-order valence-electron chi connectivity index (χ1n) is 6.49. The maximum atomic E-state index is 4.35. The Morgan fingerprint density at radius 2 is 2.10 bits per heavy atom. The highest BCUT2D eigenvalue weighted by Gasteiger charge is 2.23. The molecule has 1 saturated heterocycles. The van der Waals surface area contributed by atoms with Crippen molar-refractivity contribution in [2.24, 2.45) is 0 Å². The van der Waals surface area contributed by atoms with Crippen LogP contribution in [-0.4, -0.2) is 36.1 Å². The molecule has 1 aromatic heterocycles. The molecule has 114 valence electrons. The molecule has 1 aliphatic heterocycles. The fourth-order valence-electron chi connectivity index (χ4n) is 2.45. The summed E-state index contributed by atoms with van der Waals surface area (Å²) < 4.78 is 0.970. The summed E-state index contributed by atoms with van der Waals surface area (Å²) in [5, 5.41) is 3.40. The monoisotopic (exact) mass is 381 g/mol. The molecule has 0 bridgehead atoms. The van der Waals surface area contributed by atoms with E-state index >= 15 is 0 Å². The fourth-order valence-corrected chi connectivity index (χ4v) is 2.97. The van der Waals surface area contributed by atoms with E-state index in [9.17, 15) is 0 Å². The average Bonchev–Trinajstić information content (AvgIpc) is 2.42. The van der Waals surface area contributed by atoms with Gasteiger partial charge in [0.25, 0.3) is 0 Å². The van der Waals surface area contributed by atoms with E-state index in [1.165, 1.54) is 5.56 Å². The third-order valence-corrected chi connectivity index (χ3v) is 4.05. The van der Waals surface area contributed by atoms with Crippen LogP contribution in [0, 0.1) is 0 Å². The van der Waals surface area contributed by atoms with Crippen LogP contribution < -0.4 is 5.32 Å². The molecule has 1 aliphatic rings. The number of allylic oxidation sites excluding steroid dienone is 1. The maximum absolute atomic E-state index is 4.35. The second-order valence-corrected chi connectivity index (χ2v) is 5.30. The number of aromatic nitrogens is 1. The van der Waals surface area contributed by atoms with Crippen molar-refractivity contribution >= 4 is 40.7 Å². The SMILES string of the molecule is C=CCC[C@@H](c1cccnc1Br)N1CCNCC1.Cl.Cl. The Morgan fingerprint density at radius 3 is 2.70 bits per heavy atom. The Balaban J connectivity index is 0.00000180. The highest BCUT2D eigenvalue weighted by molar-refractivity contribution is 9.10. The lowest BCUT2D eigenvalue weighted by molar-refractivity contribution is 0.165. The zero-order valence-corrected chi connectivity index (χ0v) is 14.6. The summed E-state index contributed by atoms with van der Waals surface area (Å²) in [5.41, 5.74) is 1.29. The number of nitrogens with one attached hydrogen (secondary N) is 1. The Morgan fingerprint density at radius 1 is 1.40 bits per heavy atom. The summed E-state index contributed by atoms with van der Waals surface area (Å²) in [4.78, 5) is 6.89. The Kier molecular flexibility index (Phi) is 10.5. The van der Waals surface area contributed by atoms with Crippen LogP contribution in [0.5, 0.6) is 0 Å². The number of hydrogen-bond acceptors (Lipinski definition) is 3. The molecule has 1 N–H and O–H groups in total. The molecule has 1 fully saturated rings. The maximum Gasteiger partial charge on any atom is 0.110 e. The third kappa shape index (κ3) is 5.34. The van der Waals surface area contributed by atoms with Crippen LogP contribution in [0.3, 0.4) is 0 Å². The highest BCUT2D eigenvalue weighted by Crippen LogP contribution is 2.30. The molecule has 0 radical (unpaired) electrons. The molecular weight excluding hydrogens is 361 g/mol. The van der Waals surface area contributed by atoms with Gasteiger partial charge in [0, 0.05) is 44.0 Å². The van der Waals surface area contributed by atoms with E-state index in [2.05, 4.69) is 43.8 Å². The van der Waals surface area contributed by atoms with Crippen LogP contribution in [0.1, 0.15) is 24.4 Å². The van der Waals surface area contributed by atoms with Gasteiger partial charge in [-0.05, 0) is 34.8 Å². The van der Waals surface area contributed by atoms with Crippen LogP contribution in [-0.2, 0) is 0 Å². The third-order valence-electron chi connectivity index (χ3n) is 3.38. The lowest BCUT2D eigenvalue weighted by Crippen LogP contribution is -2.45. The van der Waals surface area contributed by atoms with Gasteiger partial charge in [0.05, 0.1) is 0 Å². The fraction of sp³-hybridized carbons (Fsp3) is 0.500. The first kappa shape index (κ1) is 19.9. The van der Waals surface area contributed by atoms with Gasteiger partial charge < -0.3 is 5.32 Å². The number of piperazine rings is 1. The van der Waals surface area contributed by atoms with E-state index in [-0.39, 0.29) is 24.8 Å². The molecule has 2 heterocycles. The van der Waals surface area contributed by atoms with E-state index in [0.29, 0.717) is 6.04 Å².